The molecule has 2 rings (SSSR count). The summed E-state index contributed by atoms with van der Waals surface area (Å²) in [6, 6.07) is 7.00. The van der Waals surface area contributed by atoms with Gasteiger partial charge in [-0.05, 0) is 43.4 Å². The van der Waals surface area contributed by atoms with E-state index in [0.29, 0.717) is 6.04 Å². The van der Waals surface area contributed by atoms with Crippen LogP contribution in [0.2, 0.25) is 5.02 Å². The Morgan fingerprint density at radius 2 is 2.14 bits per heavy atom. The number of anilines is 1. The molecule has 0 saturated carbocycles. The number of ether oxygens (including phenoxy) is 1. The second kappa shape index (κ2) is 8.02. The first-order valence-corrected chi connectivity index (χ1v) is 8.24. The van der Waals surface area contributed by atoms with Crippen LogP contribution in [0.25, 0.3) is 0 Å². The molecule has 0 spiro atoms. The Bertz CT molecular complexity index is 452. The number of hydrogen-bond donors (Lipinski definition) is 1. The van der Waals surface area contributed by atoms with Gasteiger partial charge in [-0.3, -0.25) is 0 Å². The van der Waals surface area contributed by atoms with Crippen LogP contribution in [0, 0.1) is 5.92 Å². The Morgan fingerprint density at radius 3 is 2.86 bits per heavy atom. The molecule has 0 aliphatic carbocycles. The number of piperidine rings is 1. The lowest BCUT2D eigenvalue weighted by molar-refractivity contribution is 0.199. The standard InChI is InChI=1S/C17H27ClN2O/c1-13-4-5-14(2)20(12-13)17-7-6-15(10-16(17)18)11-19-8-9-21-3/h6-7,10,13-14,19H,4-5,8-9,11-12H2,1-3H3. The molecule has 21 heavy (non-hydrogen) atoms. The van der Waals surface area contributed by atoms with Crippen LogP contribution in [-0.2, 0) is 11.3 Å². The molecule has 0 radical (unpaired) electrons. The van der Waals surface area contributed by atoms with Gasteiger partial charge in [-0.2, -0.15) is 0 Å². The van der Waals surface area contributed by atoms with E-state index in [0.717, 1.165) is 37.2 Å². The zero-order valence-corrected chi connectivity index (χ0v) is 14.1. The Labute approximate surface area is 133 Å². The average Bonchev–Trinajstić information content (AvgIpc) is 2.47. The van der Waals surface area contributed by atoms with Crippen molar-refractivity contribution in [3.8, 4) is 0 Å². The predicted octanol–water partition coefficient (Wildman–Crippen LogP) is 3.70. The van der Waals surface area contributed by atoms with Gasteiger partial charge < -0.3 is 15.0 Å². The smallest absolute Gasteiger partial charge is 0.0642 e. The number of methoxy groups -OCH3 is 1. The van der Waals surface area contributed by atoms with E-state index in [-0.39, 0.29) is 0 Å². The molecule has 118 valence electrons. The highest BCUT2D eigenvalue weighted by molar-refractivity contribution is 6.33. The molecule has 1 fully saturated rings. The van der Waals surface area contributed by atoms with Crippen LogP contribution in [-0.4, -0.2) is 32.8 Å². The molecule has 1 N–H and O–H groups in total. The number of halogens is 1. The van der Waals surface area contributed by atoms with E-state index in [2.05, 4.69) is 42.3 Å². The van der Waals surface area contributed by atoms with E-state index in [1.54, 1.807) is 7.11 Å². The molecular formula is C17H27ClN2O. The zero-order chi connectivity index (χ0) is 15.2. The highest BCUT2D eigenvalue weighted by Gasteiger charge is 2.24. The monoisotopic (exact) mass is 310 g/mol. The van der Waals surface area contributed by atoms with Crippen molar-refractivity contribution in [2.45, 2.75) is 39.3 Å². The molecule has 1 aromatic carbocycles. The van der Waals surface area contributed by atoms with Crippen LogP contribution in [0.1, 0.15) is 32.3 Å². The van der Waals surface area contributed by atoms with Gasteiger partial charge in [-0.1, -0.05) is 24.6 Å². The topological polar surface area (TPSA) is 24.5 Å². The van der Waals surface area contributed by atoms with E-state index >= 15 is 0 Å². The summed E-state index contributed by atoms with van der Waals surface area (Å²) in [7, 11) is 1.72. The summed E-state index contributed by atoms with van der Waals surface area (Å²) >= 11 is 6.52. The van der Waals surface area contributed by atoms with Crippen molar-refractivity contribution in [1.29, 1.82) is 0 Å². The Morgan fingerprint density at radius 1 is 1.33 bits per heavy atom. The summed E-state index contributed by atoms with van der Waals surface area (Å²) in [4.78, 5) is 2.46. The molecule has 1 aromatic rings. The third-order valence-corrected chi connectivity index (χ3v) is 4.55. The fourth-order valence-corrected chi connectivity index (χ4v) is 3.24. The van der Waals surface area contributed by atoms with Crippen LogP contribution >= 0.6 is 11.6 Å². The summed E-state index contributed by atoms with van der Waals surface area (Å²) < 4.78 is 5.03. The van der Waals surface area contributed by atoms with Crippen molar-refractivity contribution in [1.82, 2.24) is 5.32 Å². The van der Waals surface area contributed by atoms with Crippen molar-refractivity contribution in [2.24, 2.45) is 5.92 Å². The van der Waals surface area contributed by atoms with Gasteiger partial charge in [0.05, 0.1) is 17.3 Å². The number of nitrogens with one attached hydrogen (secondary N) is 1. The lowest BCUT2D eigenvalue weighted by Gasteiger charge is -2.39. The van der Waals surface area contributed by atoms with Gasteiger partial charge in [-0.15, -0.1) is 0 Å². The zero-order valence-electron chi connectivity index (χ0n) is 13.4. The van der Waals surface area contributed by atoms with E-state index in [1.807, 2.05) is 0 Å². The molecule has 1 aliphatic rings. The number of rotatable bonds is 6. The fourth-order valence-electron chi connectivity index (χ4n) is 2.92. The minimum atomic E-state index is 0.573. The first-order valence-electron chi connectivity index (χ1n) is 7.86. The van der Waals surface area contributed by atoms with Gasteiger partial charge in [0.25, 0.3) is 0 Å². The minimum Gasteiger partial charge on any atom is -0.383 e. The maximum atomic E-state index is 6.52. The molecule has 0 amide bonds. The predicted molar refractivity (Wildman–Crippen MR) is 90.2 cm³/mol. The van der Waals surface area contributed by atoms with Crippen molar-refractivity contribution >= 4 is 17.3 Å². The van der Waals surface area contributed by atoms with Crippen molar-refractivity contribution < 1.29 is 4.74 Å². The molecule has 0 bridgehead atoms. The van der Waals surface area contributed by atoms with Crippen molar-refractivity contribution in [2.75, 3.05) is 31.7 Å². The maximum Gasteiger partial charge on any atom is 0.0642 e. The Balaban J connectivity index is 2.01. The summed E-state index contributed by atoms with van der Waals surface area (Å²) in [6.07, 6.45) is 2.56. The lowest BCUT2D eigenvalue weighted by Crippen LogP contribution is -2.41. The van der Waals surface area contributed by atoms with Gasteiger partial charge in [0.15, 0.2) is 0 Å². The molecule has 2 atom stereocenters. The van der Waals surface area contributed by atoms with Crippen LogP contribution in [0.3, 0.4) is 0 Å². The van der Waals surface area contributed by atoms with Crippen molar-refractivity contribution in [3.05, 3.63) is 28.8 Å². The molecule has 2 unspecified atom stereocenters. The van der Waals surface area contributed by atoms with Gasteiger partial charge >= 0.3 is 0 Å². The molecule has 1 aliphatic heterocycles. The SMILES string of the molecule is COCCNCc1ccc(N2CC(C)CCC2C)c(Cl)c1. The molecule has 1 saturated heterocycles. The van der Waals surface area contributed by atoms with Gasteiger partial charge in [0.2, 0.25) is 0 Å². The van der Waals surface area contributed by atoms with E-state index < -0.39 is 0 Å². The van der Waals surface area contributed by atoms with Crippen LogP contribution in [0.4, 0.5) is 5.69 Å². The first kappa shape index (κ1) is 16.6. The van der Waals surface area contributed by atoms with Gasteiger partial charge in [0, 0.05) is 32.8 Å². The average molecular weight is 311 g/mol. The molecule has 1 heterocycles. The Kier molecular flexibility index (Phi) is 6.34. The normalized spacial score (nSPS) is 22.6. The third-order valence-electron chi connectivity index (χ3n) is 4.25. The van der Waals surface area contributed by atoms with Crippen molar-refractivity contribution in [3.63, 3.8) is 0 Å². The van der Waals surface area contributed by atoms with E-state index in [9.17, 15) is 0 Å². The van der Waals surface area contributed by atoms with Crippen LogP contribution in [0.15, 0.2) is 18.2 Å². The van der Waals surface area contributed by atoms with Crippen LogP contribution < -0.4 is 10.2 Å². The second-order valence-electron chi connectivity index (χ2n) is 6.14. The first-order chi connectivity index (χ1) is 10.1. The van der Waals surface area contributed by atoms with Gasteiger partial charge in [0.1, 0.15) is 0 Å². The molecular weight excluding hydrogens is 284 g/mol. The second-order valence-corrected chi connectivity index (χ2v) is 6.55. The fraction of sp³-hybridized carbons (Fsp3) is 0.647. The highest BCUT2D eigenvalue weighted by Crippen LogP contribution is 2.33. The number of benzene rings is 1. The minimum absolute atomic E-state index is 0.573. The highest BCUT2D eigenvalue weighted by atomic mass is 35.5. The summed E-state index contributed by atoms with van der Waals surface area (Å²) in [5, 5.41) is 4.21. The quantitative estimate of drug-likeness (QED) is 0.811. The summed E-state index contributed by atoms with van der Waals surface area (Å²) in [5.74, 6) is 0.743. The van der Waals surface area contributed by atoms with Crippen LogP contribution in [0.5, 0.6) is 0 Å². The molecule has 0 aromatic heterocycles. The summed E-state index contributed by atoms with van der Waals surface area (Å²) in [6.45, 7) is 8.14. The van der Waals surface area contributed by atoms with Gasteiger partial charge in [-0.25, -0.2) is 0 Å². The number of hydrogen-bond acceptors (Lipinski definition) is 3. The molecule has 4 heteroatoms. The van der Waals surface area contributed by atoms with E-state index in [4.69, 9.17) is 16.3 Å². The maximum absolute atomic E-state index is 6.52. The third kappa shape index (κ3) is 4.60. The lowest BCUT2D eigenvalue weighted by atomic mass is 9.94. The summed E-state index contributed by atoms with van der Waals surface area (Å²) in [5.41, 5.74) is 2.40. The Hall–Kier alpha value is -0.770. The largest absolute Gasteiger partial charge is 0.383 e. The van der Waals surface area contributed by atoms with E-state index in [1.165, 1.54) is 24.1 Å². The molecule has 3 nitrogen and oxygen atoms in total. The number of nitrogens with zero attached hydrogens (tertiary/aromatic N) is 1.